The number of nitrogens with zero attached hydrogens (tertiary/aromatic N) is 1. The second-order valence-electron chi connectivity index (χ2n) is 7.37. The zero-order valence-electron chi connectivity index (χ0n) is 18.8. The molecule has 2 amide bonds. The van der Waals surface area contributed by atoms with Crippen LogP contribution in [0, 0.1) is 42.4 Å². The minimum absolute atomic E-state index is 0.00410. The second-order valence-corrected chi connectivity index (χ2v) is 7.37. The SMILES string of the molecule is C#CCCOCC(COCCC#C)(COCCC#C)COCCC(=O)ON1C(=O)CCC1=O. The molecule has 0 aromatic heterocycles. The van der Waals surface area contributed by atoms with E-state index in [0.29, 0.717) is 44.1 Å². The van der Waals surface area contributed by atoms with Gasteiger partial charge >= 0.3 is 5.97 Å². The van der Waals surface area contributed by atoms with Gasteiger partial charge in [0.15, 0.2) is 0 Å². The van der Waals surface area contributed by atoms with Gasteiger partial charge in [-0.3, -0.25) is 9.59 Å². The van der Waals surface area contributed by atoms with E-state index in [0.717, 1.165) is 0 Å². The van der Waals surface area contributed by atoms with Crippen molar-refractivity contribution in [3.8, 4) is 37.0 Å². The predicted molar refractivity (Wildman–Crippen MR) is 118 cm³/mol. The number of hydrogen-bond donors (Lipinski definition) is 0. The van der Waals surface area contributed by atoms with E-state index >= 15 is 0 Å². The van der Waals surface area contributed by atoms with Gasteiger partial charge in [0.2, 0.25) is 0 Å². The molecule has 1 rings (SSSR count). The minimum Gasteiger partial charge on any atom is -0.380 e. The van der Waals surface area contributed by atoms with Crippen LogP contribution in [0.5, 0.6) is 0 Å². The lowest BCUT2D eigenvalue weighted by Gasteiger charge is -2.33. The lowest BCUT2D eigenvalue weighted by Crippen LogP contribution is -2.42. The number of rotatable bonds is 18. The first kappa shape index (κ1) is 28.2. The van der Waals surface area contributed by atoms with E-state index in [-0.39, 0.29) is 52.3 Å². The summed E-state index contributed by atoms with van der Waals surface area (Å²) in [6.07, 6.45) is 17.1. The van der Waals surface area contributed by atoms with Gasteiger partial charge in [0, 0.05) is 32.1 Å². The van der Waals surface area contributed by atoms with Gasteiger partial charge in [-0.05, 0) is 0 Å². The van der Waals surface area contributed by atoms with Crippen LogP contribution in [0.3, 0.4) is 0 Å². The van der Waals surface area contributed by atoms with Crippen molar-refractivity contribution < 1.29 is 38.2 Å². The quantitative estimate of drug-likeness (QED) is 0.170. The molecule has 9 heteroatoms. The largest absolute Gasteiger partial charge is 0.380 e. The van der Waals surface area contributed by atoms with Crippen LogP contribution in [0.4, 0.5) is 0 Å². The number of amides is 2. The van der Waals surface area contributed by atoms with Crippen LogP contribution in [-0.4, -0.2) is 75.7 Å². The highest BCUT2D eigenvalue weighted by Gasteiger charge is 2.34. The van der Waals surface area contributed by atoms with E-state index in [1.165, 1.54) is 0 Å². The van der Waals surface area contributed by atoms with Crippen LogP contribution in [0.2, 0.25) is 0 Å². The smallest absolute Gasteiger partial charge is 0.335 e. The lowest BCUT2D eigenvalue weighted by molar-refractivity contribution is -0.198. The van der Waals surface area contributed by atoms with Crippen molar-refractivity contribution in [2.24, 2.45) is 5.41 Å². The summed E-state index contributed by atoms with van der Waals surface area (Å²) in [4.78, 5) is 39.9. The fraction of sp³-hybridized carbons (Fsp3) is 0.625. The molecule has 0 N–H and O–H groups in total. The number of hydroxylamine groups is 2. The second kappa shape index (κ2) is 16.7. The normalized spacial score (nSPS) is 13.4. The average Bonchev–Trinajstić information content (AvgIpc) is 3.12. The van der Waals surface area contributed by atoms with E-state index < -0.39 is 23.2 Å². The van der Waals surface area contributed by atoms with Gasteiger partial charge in [0.25, 0.3) is 11.8 Å². The first-order valence-electron chi connectivity index (χ1n) is 10.7. The third-order valence-electron chi connectivity index (χ3n) is 4.45. The number of carbonyl (C=O) groups is 3. The molecule has 1 aliphatic heterocycles. The standard InChI is InChI=1S/C24H31NO8/c1-4-7-13-29-17-24(18-30-14-8-5-2,19-31-15-9-6-3)20-32-16-12-23(28)33-25-21(26)10-11-22(25)27/h1-3H,7-20H2. The summed E-state index contributed by atoms with van der Waals surface area (Å²) in [6.45, 7) is 1.93. The van der Waals surface area contributed by atoms with Crippen LogP contribution in [0.15, 0.2) is 0 Å². The Bertz CT molecular complexity index is 687. The fourth-order valence-corrected chi connectivity index (χ4v) is 2.76. The van der Waals surface area contributed by atoms with Crippen LogP contribution in [0.25, 0.3) is 0 Å². The van der Waals surface area contributed by atoms with Gasteiger partial charge < -0.3 is 23.8 Å². The van der Waals surface area contributed by atoms with E-state index in [9.17, 15) is 14.4 Å². The van der Waals surface area contributed by atoms with E-state index in [1.54, 1.807) is 0 Å². The van der Waals surface area contributed by atoms with Crippen molar-refractivity contribution >= 4 is 17.8 Å². The molecule has 0 saturated carbocycles. The third-order valence-corrected chi connectivity index (χ3v) is 4.45. The van der Waals surface area contributed by atoms with Crippen LogP contribution in [0.1, 0.15) is 38.5 Å². The van der Waals surface area contributed by atoms with E-state index in [1.807, 2.05) is 0 Å². The predicted octanol–water partition coefficient (Wildman–Crippen LogP) is 1.11. The zero-order chi connectivity index (χ0) is 24.4. The molecule has 1 saturated heterocycles. The Balaban J connectivity index is 2.63. The molecule has 0 aliphatic carbocycles. The molecule has 0 bridgehead atoms. The molecule has 0 aromatic carbocycles. The molecule has 0 aromatic rings. The van der Waals surface area contributed by atoms with Crippen molar-refractivity contribution in [1.29, 1.82) is 0 Å². The summed E-state index contributed by atoms with van der Waals surface area (Å²) in [5, 5.41) is 0.505. The molecule has 33 heavy (non-hydrogen) atoms. The Hall–Kier alpha value is -2.87. The summed E-state index contributed by atoms with van der Waals surface area (Å²) < 4.78 is 22.8. The molecule has 0 unspecified atom stereocenters. The number of hydrogen-bond acceptors (Lipinski definition) is 8. The van der Waals surface area contributed by atoms with Gasteiger partial charge in [-0.2, -0.15) is 0 Å². The Labute approximate surface area is 195 Å². The average molecular weight is 462 g/mol. The van der Waals surface area contributed by atoms with Crippen molar-refractivity contribution in [2.75, 3.05) is 52.9 Å². The van der Waals surface area contributed by atoms with Gasteiger partial charge in [-0.1, -0.05) is 0 Å². The molecule has 9 nitrogen and oxygen atoms in total. The van der Waals surface area contributed by atoms with Gasteiger partial charge in [-0.15, -0.1) is 42.1 Å². The Kier molecular flexibility index (Phi) is 14.3. The van der Waals surface area contributed by atoms with E-state index in [4.69, 9.17) is 43.1 Å². The van der Waals surface area contributed by atoms with Crippen molar-refractivity contribution in [2.45, 2.75) is 38.5 Å². The summed E-state index contributed by atoms with van der Waals surface area (Å²) in [6, 6.07) is 0. The number of imide groups is 1. The summed E-state index contributed by atoms with van der Waals surface area (Å²) in [5.74, 6) is 5.71. The molecule has 180 valence electrons. The molecule has 0 spiro atoms. The fourth-order valence-electron chi connectivity index (χ4n) is 2.76. The Morgan fingerprint density at radius 1 is 0.758 bits per heavy atom. The maximum atomic E-state index is 12.0. The molecule has 0 atom stereocenters. The maximum absolute atomic E-state index is 12.0. The molecule has 1 aliphatic rings. The topological polar surface area (TPSA) is 101 Å². The summed E-state index contributed by atoms with van der Waals surface area (Å²) >= 11 is 0. The van der Waals surface area contributed by atoms with Crippen molar-refractivity contribution in [3.05, 3.63) is 0 Å². The lowest BCUT2D eigenvalue weighted by atomic mass is 9.92. The van der Waals surface area contributed by atoms with E-state index in [2.05, 4.69) is 17.8 Å². The van der Waals surface area contributed by atoms with Gasteiger partial charge in [0.05, 0.1) is 64.7 Å². The molecular weight excluding hydrogens is 430 g/mol. The first-order chi connectivity index (χ1) is 16.0. The highest BCUT2D eigenvalue weighted by Crippen LogP contribution is 2.21. The molecule has 0 radical (unpaired) electrons. The Morgan fingerprint density at radius 3 is 1.55 bits per heavy atom. The minimum atomic E-state index is -0.745. The number of terminal acetylenes is 3. The van der Waals surface area contributed by atoms with Crippen LogP contribution < -0.4 is 0 Å². The van der Waals surface area contributed by atoms with Gasteiger partial charge in [-0.25, -0.2) is 4.79 Å². The monoisotopic (exact) mass is 461 g/mol. The van der Waals surface area contributed by atoms with Gasteiger partial charge in [0.1, 0.15) is 0 Å². The molecular formula is C24H31NO8. The summed E-state index contributed by atoms with van der Waals surface area (Å²) in [7, 11) is 0. The molecule has 1 heterocycles. The third kappa shape index (κ3) is 11.5. The zero-order valence-corrected chi connectivity index (χ0v) is 18.8. The van der Waals surface area contributed by atoms with Crippen LogP contribution in [-0.2, 0) is 38.2 Å². The number of carbonyl (C=O) groups excluding carboxylic acids is 3. The van der Waals surface area contributed by atoms with Crippen molar-refractivity contribution in [3.63, 3.8) is 0 Å². The summed E-state index contributed by atoms with van der Waals surface area (Å²) in [5.41, 5.74) is -0.692. The maximum Gasteiger partial charge on any atom is 0.335 e. The highest BCUT2D eigenvalue weighted by atomic mass is 16.7. The molecule has 1 fully saturated rings. The Morgan fingerprint density at radius 2 is 1.15 bits per heavy atom. The van der Waals surface area contributed by atoms with Crippen molar-refractivity contribution in [1.82, 2.24) is 5.06 Å². The van der Waals surface area contributed by atoms with Crippen LogP contribution >= 0.6 is 0 Å². The first-order valence-corrected chi connectivity index (χ1v) is 10.7. The number of ether oxygens (including phenoxy) is 4. The highest BCUT2D eigenvalue weighted by molar-refractivity contribution is 6.01.